The Morgan fingerprint density at radius 1 is 1.35 bits per heavy atom. The van der Waals surface area contributed by atoms with E-state index in [0.717, 1.165) is 16.3 Å². The van der Waals surface area contributed by atoms with Crippen LogP contribution in [0.5, 0.6) is 0 Å². The van der Waals surface area contributed by atoms with Gasteiger partial charge < -0.3 is 10.4 Å². The molecule has 1 aromatic carbocycles. The fourth-order valence-corrected chi connectivity index (χ4v) is 2.55. The van der Waals surface area contributed by atoms with Crippen molar-refractivity contribution in [1.29, 1.82) is 0 Å². The number of carbonyl (C=O) groups is 1. The van der Waals surface area contributed by atoms with Gasteiger partial charge >= 0.3 is 5.97 Å². The number of benzene rings is 1. The van der Waals surface area contributed by atoms with Gasteiger partial charge in [-0.3, -0.25) is 0 Å². The van der Waals surface area contributed by atoms with Crippen LogP contribution in [0.15, 0.2) is 22.7 Å². The minimum Gasteiger partial charge on any atom is -0.478 e. The minimum absolute atomic E-state index is 0.234. The Morgan fingerprint density at radius 2 is 2.05 bits per heavy atom. The number of sulfonamides is 1. The van der Waals surface area contributed by atoms with Crippen LogP contribution in [0.2, 0.25) is 0 Å². The van der Waals surface area contributed by atoms with E-state index in [9.17, 15) is 13.2 Å². The molecule has 8 heteroatoms. The highest BCUT2D eigenvalue weighted by Crippen LogP contribution is 2.18. The molecule has 0 unspecified atom stereocenters. The topological polar surface area (TPSA) is 95.5 Å². The number of hydrogen-bond acceptors (Lipinski definition) is 4. The summed E-state index contributed by atoms with van der Waals surface area (Å²) in [7, 11) is -3.12. The fourth-order valence-electron chi connectivity index (χ4n) is 1.52. The van der Waals surface area contributed by atoms with Gasteiger partial charge in [0.2, 0.25) is 10.0 Å². The van der Waals surface area contributed by atoms with Crippen LogP contribution in [0.4, 0.5) is 0 Å². The van der Waals surface area contributed by atoms with Gasteiger partial charge in [0.15, 0.2) is 0 Å². The van der Waals surface area contributed by atoms with Gasteiger partial charge in [0.05, 0.1) is 11.8 Å². The minimum atomic E-state index is -3.12. The molecule has 0 saturated heterocycles. The molecule has 0 atom stereocenters. The van der Waals surface area contributed by atoms with Crippen molar-refractivity contribution in [1.82, 2.24) is 10.0 Å². The first-order valence-corrected chi connectivity index (χ1v) is 8.65. The summed E-state index contributed by atoms with van der Waals surface area (Å²) in [5, 5.41) is 12.0. The SMILES string of the molecule is CS(=O)(=O)NCCCNCc1ccc(C(=O)O)cc1Br. The van der Waals surface area contributed by atoms with Crippen molar-refractivity contribution >= 4 is 31.9 Å². The molecule has 0 aliphatic heterocycles. The van der Waals surface area contributed by atoms with Crippen LogP contribution in [0.1, 0.15) is 22.3 Å². The monoisotopic (exact) mass is 364 g/mol. The lowest BCUT2D eigenvalue weighted by atomic mass is 10.1. The first-order valence-electron chi connectivity index (χ1n) is 5.96. The molecule has 0 amide bonds. The summed E-state index contributed by atoms with van der Waals surface area (Å²) < 4.78 is 24.8. The maximum absolute atomic E-state index is 10.8. The van der Waals surface area contributed by atoms with Gasteiger partial charge in [0.25, 0.3) is 0 Å². The van der Waals surface area contributed by atoms with E-state index in [1.54, 1.807) is 18.2 Å². The van der Waals surface area contributed by atoms with Crippen LogP contribution in [-0.4, -0.2) is 38.8 Å². The van der Waals surface area contributed by atoms with Crippen molar-refractivity contribution in [2.24, 2.45) is 0 Å². The molecule has 0 saturated carbocycles. The quantitative estimate of drug-likeness (QED) is 0.602. The number of carboxylic acid groups (broad SMARTS) is 1. The van der Waals surface area contributed by atoms with E-state index in [0.29, 0.717) is 26.1 Å². The molecule has 0 aliphatic rings. The van der Waals surface area contributed by atoms with Crippen LogP contribution in [-0.2, 0) is 16.6 Å². The first kappa shape index (κ1) is 17.1. The molecular weight excluding hydrogens is 348 g/mol. The Morgan fingerprint density at radius 3 is 2.60 bits per heavy atom. The highest BCUT2D eigenvalue weighted by Gasteiger charge is 2.06. The van der Waals surface area contributed by atoms with E-state index in [1.807, 2.05) is 0 Å². The summed E-state index contributed by atoms with van der Waals surface area (Å²) in [6.07, 6.45) is 1.81. The second-order valence-electron chi connectivity index (χ2n) is 4.31. The summed E-state index contributed by atoms with van der Waals surface area (Å²) in [6.45, 7) is 1.64. The zero-order valence-corrected chi connectivity index (χ0v) is 13.4. The number of hydrogen-bond donors (Lipinski definition) is 3. The van der Waals surface area contributed by atoms with Crippen molar-refractivity contribution < 1.29 is 18.3 Å². The predicted molar refractivity (Wildman–Crippen MR) is 80.3 cm³/mol. The Bertz CT molecular complexity index is 575. The fraction of sp³-hybridized carbons (Fsp3) is 0.417. The molecule has 0 aliphatic carbocycles. The summed E-state index contributed by atoms with van der Waals surface area (Å²) in [5.74, 6) is -0.961. The van der Waals surface area contributed by atoms with E-state index in [1.165, 1.54) is 0 Å². The Balaban J connectivity index is 2.34. The van der Waals surface area contributed by atoms with Crippen LogP contribution in [0, 0.1) is 0 Å². The summed E-state index contributed by atoms with van der Waals surface area (Å²) in [5.41, 5.74) is 1.18. The van der Waals surface area contributed by atoms with Gasteiger partial charge in [0.1, 0.15) is 0 Å². The zero-order valence-electron chi connectivity index (χ0n) is 11.0. The zero-order chi connectivity index (χ0) is 15.2. The summed E-state index contributed by atoms with van der Waals surface area (Å²) in [4.78, 5) is 10.8. The lowest BCUT2D eigenvalue weighted by Crippen LogP contribution is -2.26. The van der Waals surface area contributed by atoms with E-state index in [-0.39, 0.29) is 5.56 Å². The van der Waals surface area contributed by atoms with Crippen LogP contribution in [0.25, 0.3) is 0 Å². The molecule has 3 N–H and O–H groups in total. The van der Waals surface area contributed by atoms with Crippen molar-refractivity contribution in [3.8, 4) is 0 Å². The van der Waals surface area contributed by atoms with Gasteiger partial charge in [-0.05, 0) is 30.7 Å². The third kappa shape index (κ3) is 6.47. The Hall–Kier alpha value is -0.960. The lowest BCUT2D eigenvalue weighted by molar-refractivity contribution is 0.0697. The molecule has 0 heterocycles. The second kappa shape index (κ2) is 7.72. The summed E-state index contributed by atoms with van der Waals surface area (Å²) in [6, 6.07) is 4.86. The smallest absolute Gasteiger partial charge is 0.335 e. The average molecular weight is 365 g/mol. The van der Waals surface area contributed by atoms with E-state index in [2.05, 4.69) is 26.0 Å². The van der Waals surface area contributed by atoms with Gasteiger partial charge in [-0.2, -0.15) is 0 Å². The van der Waals surface area contributed by atoms with Crippen molar-refractivity contribution in [2.75, 3.05) is 19.3 Å². The Labute approximate surface area is 126 Å². The van der Waals surface area contributed by atoms with Gasteiger partial charge in [-0.25, -0.2) is 17.9 Å². The van der Waals surface area contributed by atoms with E-state index in [4.69, 9.17) is 5.11 Å². The lowest BCUT2D eigenvalue weighted by Gasteiger charge is -2.08. The van der Waals surface area contributed by atoms with Crippen LogP contribution < -0.4 is 10.0 Å². The normalized spacial score (nSPS) is 11.5. The molecule has 1 aromatic rings. The average Bonchev–Trinajstić information content (AvgIpc) is 2.33. The number of carboxylic acids is 1. The highest BCUT2D eigenvalue weighted by atomic mass is 79.9. The number of rotatable bonds is 8. The predicted octanol–water partition coefficient (Wildman–Crippen LogP) is 1.18. The van der Waals surface area contributed by atoms with Crippen LogP contribution in [0.3, 0.4) is 0 Å². The molecule has 0 aromatic heterocycles. The van der Waals surface area contributed by atoms with E-state index < -0.39 is 16.0 Å². The molecule has 0 radical (unpaired) electrons. The highest BCUT2D eigenvalue weighted by molar-refractivity contribution is 9.10. The second-order valence-corrected chi connectivity index (χ2v) is 7.00. The van der Waals surface area contributed by atoms with E-state index >= 15 is 0 Å². The molecule has 0 bridgehead atoms. The van der Waals surface area contributed by atoms with Crippen molar-refractivity contribution in [3.63, 3.8) is 0 Å². The van der Waals surface area contributed by atoms with Gasteiger partial charge in [-0.15, -0.1) is 0 Å². The van der Waals surface area contributed by atoms with Crippen molar-refractivity contribution in [2.45, 2.75) is 13.0 Å². The maximum atomic E-state index is 10.8. The van der Waals surface area contributed by atoms with Gasteiger partial charge in [-0.1, -0.05) is 22.0 Å². The first-order chi connectivity index (χ1) is 9.29. The standard InChI is InChI=1S/C12H17BrN2O4S/c1-20(18,19)15-6-2-5-14-8-10-4-3-9(12(16)17)7-11(10)13/h3-4,7,14-15H,2,5-6,8H2,1H3,(H,16,17). The molecule has 6 nitrogen and oxygen atoms in total. The molecule has 0 spiro atoms. The molecule has 20 heavy (non-hydrogen) atoms. The van der Waals surface area contributed by atoms with Gasteiger partial charge in [0, 0.05) is 17.6 Å². The Kier molecular flexibility index (Phi) is 6.60. The molecular formula is C12H17BrN2O4S. The summed E-state index contributed by atoms with van der Waals surface area (Å²) >= 11 is 3.33. The number of halogens is 1. The largest absolute Gasteiger partial charge is 0.478 e. The molecule has 112 valence electrons. The molecule has 1 rings (SSSR count). The maximum Gasteiger partial charge on any atom is 0.335 e. The van der Waals surface area contributed by atoms with Crippen molar-refractivity contribution in [3.05, 3.63) is 33.8 Å². The number of nitrogens with one attached hydrogen (secondary N) is 2. The third-order valence-electron chi connectivity index (χ3n) is 2.51. The third-order valence-corrected chi connectivity index (χ3v) is 3.98. The van der Waals surface area contributed by atoms with Crippen LogP contribution >= 0.6 is 15.9 Å². The molecule has 0 fully saturated rings. The number of aromatic carboxylic acids is 1.